The van der Waals surface area contributed by atoms with E-state index in [9.17, 15) is 9.59 Å². The summed E-state index contributed by atoms with van der Waals surface area (Å²) in [6.45, 7) is 7.46. The lowest BCUT2D eigenvalue weighted by Crippen LogP contribution is -2.30. The predicted molar refractivity (Wildman–Crippen MR) is 59.1 cm³/mol. The van der Waals surface area contributed by atoms with Gasteiger partial charge in [0.15, 0.2) is 5.78 Å². The van der Waals surface area contributed by atoms with E-state index in [1.807, 2.05) is 20.8 Å². The molecule has 0 aliphatic rings. The molecule has 1 heterocycles. The van der Waals surface area contributed by atoms with Crippen molar-refractivity contribution >= 4 is 5.78 Å². The summed E-state index contributed by atoms with van der Waals surface area (Å²) in [5.74, 6) is 0.0820. The summed E-state index contributed by atoms with van der Waals surface area (Å²) in [4.78, 5) is 23.3. The number of imidazole rings is 1. The Morgan fingerprint density at radius 1 is 1.27 bits per heavy atom. The molecular formula is C11H18N2O2. The Kier molecular flexibility index (Phi) is 3.50. The summed E-state index contributed by atoms with van der Waals surface area (Å²) in [6.07, 6.45) is 3.87. The highest BCUT2D eigenvalue weighted by Gasteiger charge is 2.16. The van der Waals surface area contributed by atoms with Crippen LogP contribution in [0.1, 0.15) is 46.2 Å². The van der Waals surface area contributed by atoms with Crippen LogP contribution in [0.5, 0.6) is 0 Å². The molecule has 1 atom stereocenters. The number of Topliss-reactive ketones (excluding diaryl/α,β-unsaturated/α-hetero) is 1. The van der Waals surface area contributed by atoms with E-state index >= 15 is 0 Å². The molecule has 0 aromatic carbocycles. The molecule has 0 amide bonds. The molecule has 0 spiro atoms. The monoisotopic (exact) mass is 210 g/mol. The first-order valence-corrected chi connectivity index (χ1v) is 5.30. The number of hydrogen-bond acceptors (Lipinski definition) is 2. The van der Waals surface area contributed by atoms with Crippen molar-refractivity contribution in [3.63, 3.8) is 0 Å². The van der Waals surface area contributed by atoms with Crippen molar-refractivity contribution in [2.75, 3.05) is 0 Å². The van der Waals surface area contributed by atoms with Crippen LogP contribution >= 0.6 is 0 Å². The quantitative estimate of drug-likeness (QED) is 0.760. The molecule has 1 unspecified atom stereocenters. The fourth-order valence-corrected chi connectivity index (χ4v) is 1.54. The van der Waals surface area contributed by atoms with E-state index in [0.717, 1.165) is 0 Å². The summed E-state index contributed by atoms with van der Waals surface area (Å²) in [7, 11) is 0. The third-order valence-electron chi connectivity index (χ3n) is 2.62. The fraction of sp³-hybridized carbons (Fsp3) is 0.636. The Morgan fingerprint density at radius 2 is 1.80 bits per heavy atom. The molecule has 0 radical (unpaired) electrons. The molecule has 1 aromatic rings. The Labute approximate surface area is 89.5 Å². The lowest BCUT2D eigenvalue weighted by Gasteiger charge is -2.10. The van der Waals surface area contributed by atoms with Gasteiger partial charge in [-0.1, -0.05) is 6.92 Å². The number of nitrogens with zero attached hydrogens (tertiary/aromatic N) is 2. The molecule has 0 saturated heterocycles. The summed E-state index contributed by atoms with van der Waals surface area (Å²) < 4.78 is 3.12. The zero-order chi connectivity index (χ0) is 11.6. The number of hydrogen-bond donors (Lipinski definition) is 0. The van der Waals surface area contributed by atoms with Crippen LogP contribution in [0.15, 0.2) is 17.2 Å². The molecule has 15 heavy (non-hydrogen) atoms. The average molecular weight is 210 g/mol. The third kappa shape index (κ3) is 2.19. The first-order chi connectivity index (χ1) is 6.99. The van der Waals surface area contributed by atoms with Crippen molar-refractivity contribution in [1.29, 1.82) is 0 Å². The second-order valence-corrected chi connectivity index (χ2v) is 3.98. The molecule has 1 aromatic heterocycles. The zero-order valence-electron chi connectivity index (χ0n) is 9.73. The third-order valence-corrected chi connectivity index (χ3v) is 2.62. The normalized spacial score (nSPS) is 13.1. The van der Waals surface area contributed by atoms with Gasteiger partial charge in [-0.05, 0) is 20.8 Å². The minimum absolute atomic E-state index is 0.0820. The van der Waals surface area contributed by atoms with Crippen LogP contribution in [0, 0.1) is 0 Å². The van der Waals surface area contributed by atoms with Gasteiger partial charge < -0.3 is 0 Å². The summed E-state index contributed by atoms with van der Waals surface area (Å²) in [5, 5.41) is 0. The van der Waals surface area contributed by atoms with Gasteiger partial charge in [0.2, 0.25) is 0 Å². The first-order valence-electron chi connectivity index (χ1n) is 5.30. The first kappa shape index (κ1) is 11.8. The Bertz CT molecular complexity index is 401. The second-order valence-electron chi connectivity index (χ2n) is 3.98. The van der Waals surface area contributed by atoms with E-state index < -0.39 is 0 Å². The molecule has 1 rings (SSSR count). The van der Waals surface area contributed by atoms with Crippen molar-refractivity contribution in [2.45, 2.75) is 46.2 Å². The van der Waals surface area contributed by atoms with E-state index in [0.29, 0.717) is 6.42 Å². The van der Waals surface area contributed by atoms with Gasteiger partial charge in [0.05, 0.1) is 6.04 Å². The van der Waals surface area contributed by atoms with Gasteiger partial charge in [0, 0.05) is 24.9 Å². The fourth-order valence-electron chi connectivity index (χ4n) is 1.54. The van der Waals surface area contributed by atoms with Crippen LogP contribution in [-0.2, 0) is 4.79 Å². The summed E-state index contributed by atoms with van der Waals surface area (Å²) in [6, 6.07) is -0.231. The van der Waals surface area contributed by atoms with Crippen LogP contribution in [0.2, 0.25) is 0 Å². The number of carbonyl (C=O) groups is 1. The predicted octanol–water partition coefficient (Wildman–Crippen LogP) is 1.77. The molecule has 84 valence electrons. The van der Waals surface area contributed by atoms with Gasteiger partial charge in [0.1, 0.15) is 0 Å². The highest BCUT2D eigenvalue weighted by atomic mass is 16.2. The van der Waals surface area contributed by atoms with Crippen LogP contribution in [0.4, 0.5) is 0 Å². The Morgan fingerprint density at radius 3 is 2.20 bits per heavy atom. The van der Waals surface area contributed by atoms with Crippen LogP contribution in [-0.4, -0.2) is 14.9 Å². The highest BCUT2D eigenvalue weighted by Crippen LogP contribution is 2.08. The molecule has 0 saturated carbocycles. The maximum absolute atomic E-state index is 11.8. The van der Waals surface area contributed by atoms with E-state index in [2.05, 4.69) is 0 Å². The SMILES string of the molecule is CCC(=O)C(C)n1ccn(C(C)C)c1=O. The average Bonchev–Trinajstić information content (AvgIpc) is 2.57. The summed E-state index contributed by atoms with van der Waals surface area (Å²) >= 11 is 0. The molecule has 0 fully saturated rings. The maximum Gasteiger partial charge on any atom is 0.329 e. The molecular weight excluding hydrogens is 192 g/mol. The molecule has 4 heteroatoms. The Balaban J connectivity index is 3.07. The van der Waals surface area contributed by atoms with Gasteiger partial charge in [-0.3, -0.25) is 13.9 Å². The van der Waals surface area contributed by atoms with Crippen molar-refractivity contribution in [1.82, 2.24) is 9.13 Å². The lowest BCUT2D eigenvalue weighted by atomic mass is 10.2. The largest absolute Gasteiger partial charge is 0.329 e. The van der Waals surface area contributed by atoms with Crippen LogP contribution in [0.25, 0.3) is 0 Å². The maximum atomic E-state index is 11.8. The van der Waals surface area contributed by atoms with Gasteiger partial charge in [-0.15, -0.1) is 0 Å². The Hall–Kier alpha value is -1.32. The van der Waals surface area contributed by atoms with E-state index in [4.69, 9.17) is 0 Å². The molecule has 0 N–H and O–H groups in total. The number of ketones is 1. The molecule has 0 bridgehead atoms. The lowest BCUT2D eigenvalue weighted by molar-refractivity contribution is -0.121. The number of rotatable bonds is 4. The molecule has 0 aliphatic heterocycles. The number of carbonyl (C=O) groups excluding carboxylic acids is 1. The minimum atomic E-state index is -0.359. The minimum Gasteiger partial charge on any atom is -0.297 e. The van der Waals surface area contributed by atoms with Crippen LogP contribution < -0.4 is 5.69 Å². The van der Waals surface area contributed by atoms with Crippen LogP contribution in [0.3, 0.4) is 0 Å². The van der Waals surface area contributed by atoms with Crippen molar-refractivity contribution in [3.8, 4) is 0 Å². The van der Waals surface area contributed by atoms with Crippen molar-refractivity contribution in [3.05, 3.63) is 22.9 Å². The van der Waals surface area contributed by atoms with E-state index in [-0.39, 0.29) is 23.6 Å². The number of aromatic nitrogens is 2. The highest BCUT2D eigenvalue weighted by molar-refractivity contribution is 5.81. The summed E-state index contributed by atoms with van der Waals surface area (Å²) in [5.41, 5.74) is -0.112. The van der Waals surface area contributed by atoms with Crippen molar-refractivity contribution in [2.24, 2.45) is 0 Å². The second kappa shape index (κ2) is 4.47. The smallest absolute Gasteiger partial charge is 0.297 e. The standard InChI is InChI=1S/C11H18N2O2/c1-5-10(14)9(4)13-7-6-12(8(2)3)11(13)15/h6-9H,5H2,1-4H3. The van der Waals surface area contributed by atoms with E-state index in [1.54, 1.807) is 23.9 Å². The van der Waals surface area contributed by atoms with Gasteiger partial charge in [0.25, 0.3) is 0 Å². The topological polar surface area (TPSA) is 44.0 Å². The van der Waals surface area contributed by atoms with Gasteiger partial charge >= 0.3 is 5.69 Å². The van der Waals surface area contributed by atoms with Gasteiger partial charge in [-0.2, -0.15) is 0 Å². The van der Waals surface area contributed by atoms with E-state index in [1.165, 1.54) is 4.57 Å². The molecule has 4 nitrogen and oxygen atoms in total. The zero-order valence-corrected chi connectivity index (χ0v) is 9.73. The molecule has 0 aliphatic carbocycles. The van der Waals surface area contributed by atoms with Gasteiger partial charge in [-0.25, -0.2) is 4.79 Å². The van der Waals surface area contributed by atoms with Crippen molar-refractivity contribution < 1.29 is 4.79 Å².